The van der Waals surface area contributed by atoms with E-state index in [9.17, 15) is 4.79 Å². The van der Waals surface area contributed by atoms with E-state index < -0.39 is 0 Å². The molecule has 1 heterocycles. The van der Waals surface area contributed by atoms with Crippen molar-refractivity contribution in [3.63, 3.8) is 0 Å². The largest absolute Gasteiger partial charge is 0.486 e. The van der Waals surface area contributed by atoms with Crippen LogP contribution in [0, 0.1) is 6.92 Å². The van der Waals surface area contributed by atoms with Gasteiger partial charge < -0.3 is 10.1 Å². The van der Waals surface area contributed by atoms with Gasteiger partial charge in [0.25, 0.3) is 5.91 Å². The van der Waals surface area contributed by atoms with E-state index in [1.165, 1.54) is 11.8 Å². The van der Waals surface area contributed by atoms with E-state index >= 15 is 0 Å². The lowest BCUT2D eigenvalue weighted by Crippen LogP contribution is -2.19. The third-order valence-corrected chi connectivity index (χ3v) is 7.14. The minimum atomic E-state index is -0.249. The van der Waals surface area contributed by atoms with E-state index in [2.05, 4.69) is 26.2 Å². The molecular formula is C24H16BrCl3N2O2S. The number of halogens is 4. The van der Waals surface area contributed by atoms with Crippen LogP contribution in [0.15, 0.2) is 69.0 Å². The molecule has 3 aromatic rings. The third kappa shape index (κ3) is 5.94. The van der Waals surface area contributed by atoms with Crippen molar-refractivity contribution in [1.82, 2.24) is 5.32 Å². The van der Waals surface area contributed by atoms with Crippen LogP contribution >= 0.6 is 62.5 Å². The number of nitrogens with one attached hydrogen (secondary N) is 1. The maximum atomic E-state index is 12.5. The first-order chi connectivity index (χ1) is 15.8. The number of thioether (sulfide) groups is 1. The van der Waals surface area contributed by atoms with Gasteiger partial charge in [0.1, 0.15) is 6.61 Å². The molecule has 0 aromatic heterocycles. The topological polar surface area (TPSA) is 50.7 Å². The third-order valence-electron chi connectivity index (χ3n) is 4.73. The van der Waals surface area contributed by atoms with E-state index in [1.54, 1.807) is 24.3 Å². The summed E-state index contributed by atoms with van der Waals surface area (Å²) in [6.07, 6.45) is 1.71. The fourth-order valence-corrected chi connectivity index (χ4v) is 4.88. The molecule has 1 amide bonds. The molecule has 3 aromatic carbocycles. The number of rotatable bonds is 5. The maximum Gasteiger partial charge on any atom is 0.264 e. The summed E-state index contributed by atoms with van der Waals surface area (Å²) in [7, 11) is 0. The number of amides is 1. The molecule has 0 unspecified atom stereocenters. The highest BCUT2D eigenvalue weighted by Crippen LogP contribution is 2.37. The molecule has 0 spiro atoms. The maximum absolute atomic E-state index is 12.5. The van der Waals surface area contributed by atoms with E-state index in [0.717, 1.165) is 15.6 Å². The van der Waals surface area contributed by atoms with Crippen LogP contribution in [0.2, 0.25) is 15.1 Å². The molecule has 0 bridgehead atoms. The molecule has 1 aliphatic rings. The highest BCUT2D eigenvalue weighted by Gasteiger charge is 2.24. The second-order valence-electron chi connectivity index (χ2n) is 7.09. The predicted molar refractivity (Wildman–Crippen MR) is 142 cm³/mol. The van der Waals surface area contributed by atoms with Crippen molar-refractivity contribution in [2.24, 2.45) is 4.99 Å². The Labute approximate surface area is 219 Å². The number of carbonyl (C=O) groups excluding carboxylic acids is 1. The van der Waals surface area contributed by atoms with Crippen molar-refractivity contribution >= 4 is 85.3 Å². The number of ether oxygens (including phenoxy) is 1. The first-order valence-corrected chi connectivity index (χ1v) is 12.5. The van der Waals surface area contributed by atoms with Crippen LogP contribution in [0.3, 0.4) is 0 Å². The van der Waals surface area contributed by atoms with E-state index in [4.69, 9.17) is 39.5 Å². The van der Waals surface area contributed by atoms with E-state index in [0.29, 0.717) is 48.7 Å². The number of nitrogens with zero attached hydrogens (tertiary/aromatic N) is 1. The lowest BCUT2D eigenvalue weighted by molar-refractivity contribution is -0.115. The molecule has 1 N–H and O–H groups in total. The molecule has 0 aliphatic carbocycles. The fourth-order valence-electron chi connectivity index (χ4n) is 3.00. The van der Waals surface area contributed by atoms with Crippen LogP contribution in [0.1, 0.15) is 16.7 Å². The SMILES string of the molecule is Cc1c(Cl)cccc1N=C1NC(=O)/C(=C\c2cc(Cl)c(OCc3ccc(Br)cc3)c(Cl)c2)S1. The van der Waals surface area contributed by atoms with Gasteiger partial charge in [-0.1, -0.05) is 68.9 Å². The Bertz CT molecular complexity index is 1270. The minimum Gasteiger partial charge on any atom is -0.486 e. The summed E-state index contributed by atoms with van der Waals surface area (Å²) in [6.45, 7) is 2.21. The van der Waals surface area contributed by atoms with Crippen molar-refractivity contribution in [1.29, 1.82) is 0 Å². The zero-order chi connectivity index (χ0) is 23.5. The van der Waals surface area contributed by atoms with Crippen LogP contribution in [-0.4, -0.2) is 11.1 Å². The highest BCUT2D eigenvalue weighted by atomic mass is 79.9. The van der Waals surface area contributed by atoms with Crippen LogP contribution < -0.4 is 10.1 Å². The fraction of sp³-hybridized carbons (Fsp3) is 0.0833. The number of benzene rings is 3. The number of hydrogen-bond donors (Lipinski definition) is 1. The Hall–Kier alpha value is -1.96. The summed E-state index contributed by atoms with van der Waals surface area (Å²) in [6, 6.07) is 16.6. The van der Waals surface area contributed by atoms with Gasteiger partial charge in [-0.25, -0.2) is 4.99 Å². The smallest absolute Gasteiger partial charge is 0.264 e. The van der Waals surface area contributed by atoms with Crippen molar-refractivity contribution in [3.8, 4) is 5.75 Å². The average Bonchev–Trinajstić information content (AvgIpc) is 3.10. The predicted octanol–water partition coefficient (Wildman–Crippen LogP) is 8.19. The second-order valence-corrected chi connectivity index (χ2v) is 10.3. The van der Waals surface area contributed by atoms with Crippen molar-refractivity contribution < 1.29 is 9.53 Å². The molecule has 0 radical (unpaired) electrons. The van der Waals surface area contributed by atoms with E-state index in [-0.39, 0.29) is 5.91 Å². The lowest BCUT2D eigenvalue weighted by Gasteiger charge is -2.11. The average molecular weight is 583 g/mol. The quantitative estimate of drug-likeness (QED) is 0.309. The lowest BCUT2D eigenvalue weighted by atomic mass is 10.2. The van der Waals surface area contributed by atoms with Crippen LogP contribution in [0.25, 0.3) is 6.08 Å². The molecule has 0 atom stereocenters. The van der Waals surface area contributed by atoms with Gasteiger partial charge in [0.05, 0.1) is 20.6 Å². The number of amidine groups is 1. The van der Waals surface area contributed by atoms with E-state index in [1.807, 2.05) is 43.3 Å². The Morgan fingerprint density at radius 1 is 1.06 bits per heavy atom. The van der Waals surface area contributed by atoms with Gasteiger partial charge >= 0.3 is 0 Å². The van der Waals surface area contributed by atoms with Crippen molar-refractivity contribution in [2.45, 2.75) is 13.5 Å². The molecule has 4 nitrogen and oxygen atoms in total. The first kappa shape index (κ1) is 24.2. The summed E-state index contributed by atoms with van der Waals surface area (Å²) >= 11 is 23.7. The van der Waals surface area contributed by atoms with Gasteiger partial charge in [-0.3, -0.25) is 4.79 Å². The molecule has 168 valence electrons. The molecule has 33 heavy (non-hydrogen) atoms. The Balaban J connectivity index is 1.51. The zero-order valence-corrected chi connectivity index (χ0v) is 21.8. The molecule has 4 rings (SSSR count). The number of aliphatic imine (C=N–C) groups is 1. The van der Waals surface area contributed by atoms with Gasteiger partial charge in [0.2, 0.25) is 0 Å². The van der Waals surface area contributed by atoms with Crippen molar-refractivity contribution in [3.05, 3.63) is 95.7 Å². The standard InChI is InChI=1S/C24H16BrCl3N2O2S/c1-13-17(26)3-2-4-20(13)29-24-30-23(31)21(33-24)11-15-9-18(27)22(19(28)10-15)32-12-14-5-7-16(25)8-6-14/h2-11H,12H2,1H3,(H,29,30,31)/b21-11+. The van der Waals surface area contributed by atoms with Gasteiger partial charge in [-0.05, 0) is 77.9 Å². The molecule has 9 heteroatoms. The normalized spacial score (nSPS) is 15.8. The highest BCUT2D eigenvalue weighted by molar-refractivity contribution is 9.10. The molecule has 1 aliphatic heterocycles. The summed E-state index contributed by atoms with van der Waals surface area (Å²) in [5.41, 5.74) is 3.21. The van der Waals surface area contributed by atoms with Gasteiger partial charge in [0, 0.05) is 9.50 Å². The van der Waals surface area contributed by atoms with Gasteiger partial charge in [-0.15, -0.1) is 0 Å². The Morgan fingerprint density at radius 2 is 1.76 bits per heavy atom. The molecule has 1 saturated heterocycles. The number of carbonyl (C=O) groups is 1. The summed E-state index contributed by atoms with van der Waals surface area (Å²) in [5, 5.41) is 4.58. The second kappa shape index (κ2) is 10.5. The monoisotopic (exact) mass is 580 g/mol. The first-order valence-electron chi connectivity index (χ1n) is 9.71. The van der Waals surface area contributed by atoms with Crippen LogP contribution in [0.4, 0.5) is 5.69 Å². The molecule has 0 saturated carbocycles. The van der Waals surface area contributed by atoms with Crippen molar-refractivity contribution in [2.75, 3.05) is 0 Å². The Kier molecular flexibility index (Phi) is 7.72. The van der Waals surface area contributed by atoms with Crippen LogP contribution in [0.5, 0.6) is 5.75 Å². The van der Waals surface area contributed by atoms with Gasteiger partial charge in [0.15, 0.2) is 10.9 Å². The summed E-state index contributed by atoms with van der Waals surface area (Å²) < 4.78 is 6.82. The Morgan fingerprint density at radius 3 is 2.45 bits per heavy atom. The zero-order valence-electron chi connectivity index (χ0n) is 17.2. The summed E-state index contributed by atoms with van der Waals surface area (Å²) in [5.74, 6) is 0.145. The van der Waals surface area contributed by atoms with Gasteiger partial charge in [-0.2, -0.15) is 0 Å². The molecule has 1 fully saturated rings. The van der Waals surface area contributed by atoms with Crippen LogP contribution in [-0.2, 0) is 11.4 Å². The minimum absolute atomic E-state index is 0.249. The molecular weight excluding hydrogens is 567 g/mol. The number of hydrogen-bond acceptors (Lipinski definition) is 4. The summed E-state index contributed by atoms with van der Waals surface area (Å²) in [4.78, 5) is 17.4.